The molecule has 84 valence electrons. The van der Waals surface area contributed by atoms with E-state index in [9.17, 15) is 0 Å². The van der Waals surface area contributed by atoms with Crippen molar-refractivity contribution in [1.29, 1.82) is 0 Å². The van der Waals surface area contributed by atoms with Crippen LogP contribution in [0, 0.1) is 0 Å². The van der Waals surface area contributed by atoms with Gasteiger partial charge in [-0.3, -0.25) is 4.84 Å². The first-order chi connectivity index (χ1) is 6.75. The number of hydrogen-bond acceptors (Lipinski definition) is 5. The Kier molecular flexibility index (Phi) is 4.28. The molecule has 0 aliphatic carbocycles. The van der Waals surface area contributed by atoms with Gasteiger partial charge in [0.2, 0.25) is 0 Å². The highest BCUT2D eigenvalue weighted by molar-refractivity contribution is 4.82. The topological polar surface area (TPSA) is 40.2 Å². The zero-order chi connectivity index (χ0) is 10.6. The predicted molar refractivity (Wildman–Crippen MR) is 50.5 cm³/mol. The van der Waals surface area contributed by atoms with Crippen LogP contribution in [-0.2, 0) is 19.0 Å². The third kappa shape index (κ3) is 1.78. The first-order valence-corrected chi connectivity index (χ1v) is 4.70. The van der Waals surface area contributed by atoms with Crippen molar-refractivity contribution in [3.05, 3.63) is 0 Å². The summed E-state index contributed by atoms with van der Waals surface area (Å²) in [6, 6.07) is 0. The Morgan fingerprint density at radius 2 is 1.79 bits per heavy atom. The van der Waals surface area contributed by atoms with Crippen LogP contribution in [0.25, 0.3) is 0 Å². The number of methoxy groups -OCH3 is 3. The molecule has 1 unspecified atom stereocenters. The summed E-state index contributed by atoms with van der Waals surface area (Å²) in [7, 11) is 6.43. The highest BCUT2D eigenvalue weighted by Crippen LogP contribution is 2.31. The standard InChI is InChI=1S/C9H19NO4/c1-11-8-6-5-7-10(14-4)9(8,12-2)13-3/h8H,5-7H2,1-4H3. The molecule has 1 heterocycles. The second kappa shape index (κ2) is 5.04. The zero-order valence-corrected chi connectivity index (χ0v) is 9.28. The summed E-state index contributed by atoms with van der Waals surface area (Å²) >= 11 is 0. The number of nitrogens with zero attached hydrogens (tertiary/aromatic N) is 1. The Morgan fingerprint density at radius 3 is 2.21 bits per heavy atom. The minimum absolute atomic E-state index is 0.133. The molecule has 1 aliphatic heterocycles. The van der Waals surface area contributed by atoms with E-state index < -0.39 is 5.91 Å². The maximum atomic E-state index is 5.39. The second-order valence-corrected chi connectivity index (χ2v) is 3.19. The molecule has 0 N–H and O–H groups in total. The molecule has 0 bridgehead atoms. The van der Waals surface area contributed by atoms with E-state index in [1.165, 1.54) is 0 Å². The largest absolute Gasteiger partial charge is 0.374 e. The molecule has 0 radical (unpaired) electrons. The summed E-state index contributed by atoms with van der Waals surface area (Å²) in [4.78, 5) is 5.22. The SMILES string of the molecule is COC1CCCN(OC)C1(OC)OC. The summed E-state index contributed by atoms with van der Waals surface area (Å²) < 4.78 is 16.1. The van der Waals surface area contributed by atoms with Gasteiger partial charge in [0, 0.05) is 27.9 Å². The van der Waals surface area contributed by atoms with E-state index in [1.54, 1.807) is 33.5 Å². The molecule has 0 saturated carbocycles. The van der Waals surface area contributed by atoms with Crippen LogP contribution in [-0.4, -0.2) is 52.1 Å². The van der Waals surface area contributed by atoms with Crippen LogP contribution < -0.4 is 0 Å². The predicted octanol–water partition coefficient (Wildman–Crippen LogP) is 0.605. The van der Waals surface area contributed by atoms with E-state index >= 15 is 0 Å². The molecule has 14 heavy (non-hydrogen) atoms. The molecule has 0 aromatic carbocycles. The van der Waals surface area contributed by atoms with Crippen molar-refractivity contribution in [2.45, 2.75) is 24.9 Å². The lowest BCUT2D eigenvalue weighted by Crippen LogP contribution is -2.62. The monoisotopic (exact) mass is 205 g/mol. The van der Waals surface area contributed by atoms with Gasteiger partial charge in [-0.2, -0.15) is 0 Å². The molecule has 1 fully saturated rings. The van der Waals surface area contributed by atoms with Gasteiger partial charge >= 0.3 is 0 Å². The summed E-state index contributed by atoms with van der Waals surface area (Å²) in [5.41, 5.74) is 0. The maximum Gasteiger partial charge on any atom is 0.279 e. The molecule has 0 spiro atoms. The molecule has 1 saturated heterocycles. The lowest BCUT2D eigenvalue weighted by atomic mass is 10.1. The van der Waals surface area contributed by atoms with Gasteiger partial charge in [-0.25, -0.2) is 0 Å². The Bertz CT molecular complexity index is 158. The van der Waals surface area contributed by atoms with E-state index in [0.717, 1.165) is 19.4 Å². The first kappa shape index (κ1) is 11.9. The quantitative estimate of drug-likeness (QED) is 0.629. The fourth-order valence-corrected chi connectivity index (χ4v) is 1.95. The van der Waals surface area contributed by atoms with Gasteiger partial charge in [0.05, 0.1) is 7.11 Å². The maximum absolute atomic E-state index is 5.39. The van der Waals surface area contributed by atoms with Crippen LogP contribution in [0.1, 0.15) is 12.8 Å². The first-order valence-electron chi connectivity index (χ1n) is 4.70. The van der Waals surface area contributed by atoms with E-state index in [1.807, 2.05) is 0 Å². The van der Waals surface area contributed by atoms with E-state index in [-0.39, 0.29) is 6.10 Å². The van der Waals surface area contributed by atoms with E-state index in [2.05, 4.69) is 0 Å². The molecule has 0 aromatic rings. The molecule has 5 heteroatoms. The number of ether oxygens (including phenoxy) is 3. The number of rotatable bonds is 4. The van der Waals surface area contributed by atoms with Gasteiger partial charge in [-0.1, -0.05) is 0 Å². The Balaban J connectivity index is 2.86. The van der Waals surface area contributed by atoms with Crippen molar-refractivity contribution in [3.63, 3.8) is 0 Å². The molecule has 0 aromatic heterocycles. The van der Waals surface area contributed by atoms with Crippen LogP contribution in [0.3, 0.4) is 0 Å². The number of hydrogen-bond donors (Lipinski definition) is 0. The highest BCUT2D eigenvalue weighted by atomic mass is 16.8. The van der Waals surface area contributed by atoms with Gasteiger partial charge < -0.3 is 14.2 Å². The van der Waals surface area contributed by atoms with Crippen LogP contribution >= 0.6 is 0 Å². The average molecular weight is 205 g/mol. The van der Waals surface area contributed by atoms with Gasteiger partial charge in [-0.05, 0) is 12.8 Å². The lowest BCUT2D eigenvalue weighted by molar-refractivity contribution is -0.428. The lowest BCUT2D eigenvalue weighted by Gasteiger charge is -2.46. The van der Waals surface area contributed by atoms with Gasteiger partial charge in [0.15, 0.2) is 0 Å². The average Bonchev–Trinajstić information content (AvgIpc) is 2.27. The minimum atomic E-state index is -0.915. The Morgan fingerprint density at radius 1 is 1.14 bits per heavy atom. The van der Waals surface area contributed by atoms with E-state index in [0.29, 0.717) is 0 Å². The number of piperidine rings is 1. The van der Waals surface area contributed by atoms with Crippen molar-refractivity contribution in [3.8, 4) is 0 Å². The van der Waals surface area contributed by atoms with Gasteiger partial charge in [0.25, 0.3) is 5.91 Å². The summed E-state index contributed by atoms with van der Waals surface area (Å²) in [6.45, 7) is 0.776. The van der Waals surface area contributed by atoms with Crippen LogP contribution in [0.4, 0.5) is 0 Å². The highest BCUT2D eigenvalue weighted by Gasteiger charge is 2.49. The summed E-state index contributed by atoms with van der Waals surface area (Å²) in [6.07, 6.45) is 1.77. The van der Waals surface area contributed by atoms with Crippen LogP contribution in [0.5, 0.6) is 0 Å². The van der Waals surface area contributed by atoms with Crippen molar-refractivity contribution in [2.75, 3.05) is 35.0 Å². The molecule has 1 aliphatic rings. The van der Waals surface area contributed by atoms with Crippen molar-refractivity contribution >= 4 is 0 Å². The molecular weight excluding hydrogens is 186 g/mol. The minimum Gasteiger partial charge on any atom is -0.374 e. The molecule has 1 atom stereocenters. The Labute approximate surface area is 84.8 Å². The normalized spacial score (nSPS) is 27.9. The molecule has 0 amide bonds. The fraction of sp³-hybridized carbons (Fsp3) is 1.00. The summed E-state index contributed by atoms with van der Waals surface area (Å²) in [5.74, 6) is -0.915. The van der Waals surface area contributed by atoms with Crippen LogP contribution in [0.2, 0.25) is 0 Å². The molecular formula is C9H19NO4. The fourth-order valence-electron chi connectivity index (χ4n) is 1.95. The zero-order valence-electron chi connectivity index (χ0n) is 9.28. The van der Waals surface area contributed by atoms with Crippen molar-refractivity contribution in [2.24, 2.45) is 0 Å². The Hall–Kier alpha value is -0.200. The third-order valence-electron chi connectivity index (χ3n) is 2.67. The van der Waals surface area contributed by atoms with Crippen molar-refractivity contribution in [1.82, 2.24) is 5.06 Å². The molecule has 5 nitrogen and oxygen atoms in total. The van der Waals surface area contributed by atoms with Gasteiger partial charge in [-0.15, -0.1) is 5.06 Å². The van der Waals surface area contributed by atoms with E-state index in [4.69, 9.17) is 19.0 Å². The van der Waals surface area contributed by atoms with Crippen LogP contribution in [0.15, 0.2) is 0 Å². The summed E-state index contributed by atoms with van der Waals surface area (Å²) in [5, 5.41) is 1.67. The number of hydroxylamine groups is 2. The smallest absolute Gasteiger partial charge is 0.279 e. The second-order valence-electron chi connectivity index (χ2n) is 3.19. The third-order valence-corrected chi connectivity index (χ3v) is 2.67. The van der Waals surface area contributed by atoms with Crippen molar-refractivity contribution < 1.29 is 19.0 Å². The van der Waals surface area contributed by atoms with Gasteiger partial charge in [0.1, 0.15) is 6.10 Å². The molecule has 1 rings (SSSR count).